The van der Waals surface area contributed by atoms with Gasteiger partial charge < -0.3 is 25.5 Å². The summed E-state index contributed by atoms with van der Waals surface area (Å²) in [6, 6.07) is -0.664. The SMILES string of the molecule is CCCCCCCCCCCCCCCCCCCC(=O)OCC(CCOC(=O)[C@@H](N)C(C)C)Cn1cnc2cnc(N)nc21. The number of unbranched alkanes of at least 4 members (excludes halogenated alkanes) is 16. The van der Waals surface area contributed by atoms with Gasteiger partial charge in [0.1, 0.15) is 11.6 Å². The quantitative estimate of drug-likeness (QED) is 0.0754. The maximum atomic E-state index is 12.5. The van der Waals surface area contributed by atoms with Crippen LogP contribution in [0.15, 0.2) is 12.5 Å². The Hall–Kier alpha value is -2.75. The molecule has 256 valence electrons. The first kappa shape index (κ1) is 38.4. The largest absolute Gasteiger partial charge is 0.465 e. The molecule has 2 heterocycles. The van der Waals surface area contributed by atoms with Crippen molar-refractivity contribution in [2.45, 2.75) is 155 Å². The third kappa shape index (κ3) is 16.9. The number of rotatable bonds is 27. The van der Waals surface area contributed by atoms with E-state index in [-0.39, 0.29) is 37.0 Å². The summed E-state index contributed by atoms with van der Waals surface area (Å²) in [4.78, 5) is 37.4. The molecule has 2 atom stereocenters. The maximum Gasteiger partial charge on any atom is 0.323 e. The van der Waals surface area contributed by atoms with E-state index in [4.69, 9.17) is 20.9 Å². The van der Waals surface area contributed by atoms with E-state index in [0.717, 1.165) is 19.3 Å². The Morgan fingerprint density at radius 1 is 0.822 bits per heavy atom. The first-order valence-corrected chi connectivity index (χ1v) is 17.8. The number of imidazole rings is 1. The van der Waals surface area contributed by atoms with E-state index in [1.807, 2.05) is 18.4 Å². The number of anilines is 1. The van der Waals surface area contributed by atoms with Crippen molar-refractivity contribution in [3.63, 3.8) is 0 Å². The van der Waals surface area contributed by atoms with Crippen LogP contribution in [0.4, 0.5) is 5.95 Å². The maximum absolute atomic E-state index is 12.5. The van der Waals surface area contributed by atoms with Gasteiger partial charge in [-0.1, -0.05) is 124 Å². The topological polar surface area (TPSA) is 148 Å². The Labute approximate surface area is 271 Å². The van der Waals surface area contributed by atoms with Gasteiger partial charge in [-0.25, -0.2) is 9.97 Å². The molecule has 0 fully saturated rings. The van der Waals surface area contributed by atoms with Crippen molar-refractivity contribution in [3.05, 3.63) is 12.5 Å². The second-order valence-corrected chi connectivity index (χ2v) is 13.0. The lowest BCUT2D eigenvalue weighted by atomic mass is 10.0. The fourth-order valence-electron chi connectivity index (χ4n) is 5.48. The van der Waals surface area contributed by atoms with E-state index in [0.29, 0.717) is 30.6 Å². The molecule has 10 heteroatoms. The van der Waals surface area contributed by atoms with Crippen LogP contribution in [0.5, 0.6) is 0 Å². The Balaban J connectivity index is 1.60. The summed E-state index contributed by atoms with van der Waals surface area (Å²) in [5.74, 6) is -0.569. The lowest BCUT2D eigenvalue weighted by Gasteiger charge is -2.19. The molecule has 2 aromatic rings. The van der Waals surface area contributed by atoms with Crippen LogP contribution in [0.25, 0.3) is 11.2 Å². The molecule has 0 radical (unpaired) electrons. The third-order valence-electron chi connectivity index (χ3n) is 8.56. The third-order valence-corrected chi connectivity index (χ3v) is 8.56. The molecule has 2 rings (SSSR count). The molecule has 10 nitrogen and oxygen atoms in total. The van der Waals surface area contributed by atoms with Gasteiger partial charge in [0, 0.05) is 18.9 Å². The number of esters is 2. The number of hydrogen-bond donors (Lipinski definition) is 2. The zero-order chi connectivity index (χ0) is 32.7. The molecule has 0 aliphatic rings. The molecule has 0 amide bonds. The van der Waals surface area contributed by atoms with Crippen LogP contribution in [0.2, 0.25) is 0 Å². The number of aromatic nitrogens is 4. The van der Waals surface area contributed by atoms with Gasteiger partial charge in [-0.15, -0.1) is 0 Å². The monoisotopic (exact) mass is 630 g/mol. The molecule has 0 saturated heterocycles. The van der Waals surface area contributed by atoms with Crippen molar-refractivity contribution < 1.29 is 19.1 Å². The fraction of sp³-hybridized carbons (Fsp3) is 0.800. The Kier molecular flexibility index (Phi) is 20.1. The lowest BCUT2D eigenvalue weighted by Crippen LogP contribution is -2.37. The van der Waals surface area contributed by atoms with Crippen molar-refractivity contribution in [2.75, 3.05) is 18.9 Å². The highest BCUT2D eigenvalue weighted by Gasteiger charge is 2.21. The summed E-state index contributed by atoms with van der Waals surface area (Å²) in [5, 5.41) is 0. The van der Waals surface area contributed by atoms with Gasteiger partial charge in [-0.05, 0) is 18.8 Å². The molecule has 0 aliphatic carbocycles. The standard InChI is InChI=1S/C35H62N6O4/c1-4-5-6-7-8-9-10-11-12-13-14-15-16-17-18-19-20-21-31(42)45-26-29(22-23-44-34(43)32(36)28(2)3)25-41-27-39-30-24-38-35(37)40-33(30)41/h24,27-29,32H,4-23,25-26,36H2,1-3H3,(H2,37,38,40)/t29?,32-/m0/s1. The molecule has 45 heavy (non-hydrogen) atoms. The summed E-state index contributed by atoms with van der Waals surface area (Å²) in [5.41, 5.74) is 12.9. The number of hydrogen-bond acceptors (Lipinski definition) is 9. The summed E-state index contributed by atoms with van der Waals surface area (Å²) < 4.78 is 13.0. The van der Waals surface area contributed by atoms with Crippen molar-refractivity contribution in [1.29, 1.82) is 0 Å². The lowest BCUT2D eigenvalue weighted by molar-refractivity contribution is -0.149. The Bertz CT molecular complexity index is 1080. The average molecular weight is 631 g/mol. The molecule has 4 N–H and O–H groups in total. The van der Waals surface area contributed by atoms with E-state index in [1.54, 1.807) is 12.5 Å². The average Bonchev–Trinajstić information content (AvgIpc) is 3.41. The van der Waals surface area contributed by atoms with Crippen LogP contribution in [0.3, 0.4) is 0 Å². The van der Waals surface area contributed by atoms with Gasteiger partial charge in [-0.2, -0.15) is 4.98 Å². The molecule has 0 aromatic carbocycles. The van der Waals surface area contributed by atoms with Crippen LogP contribution >= 0.6 is 0 Å². The zero-order valence-corrected chi connectivity index (χ0v) is 28.5. The first-order valence-electron chi connectivity index (χ1n) is 17.8. The number of carbonyl (C=O) groups is 2. The highest BCUT2D eigenvalue weighted by molar-refractivity contribution is 5.75. The number of ether oxygens (including phenoxy) is 2. The summed E-state index contributed by atoms with van der Waals surface area (Å²) >= 11 is 0. The van der Waals surface area contributed by atoms with Crippen LogP contribution in [-0.2, 0) is 25.6 Å². The highest BCUT2D eigenvalue weighted by atomic mass is 16.5. The molecule has 0 saturated carbocycles. The number of nitrogen functional groups attached to an aromatic ring is 1. The van der Waals surface area contributed by atoms with Crippen LogP contribution in [0, 0.1) is 11.8 Å². The number of nitrogens with zero attached hydrogens (tertiary/aromatic N) is 4. The van der Waals surface area contributed by atoms with E-state index in [1.165, 1.54) is 89.9 Å². The van der Waals surface area contributed by atoms with Gasteiger partial charge in [0.25, 0.3) is 0 Å². The second kappa shape index (κ2) is 23.6. The Morgan fingerprint density at radius 2 is 1.38 bits per heavy atom. The van der Waals surface area contributed by atoms with Gasteiger partial charge in [-0.3, -0.25) is 9.59 Å². The van der Waals surface area contributed by atoms with Crippen molar-refractivity contribution >= 4 is 29.1 Å². The number of nitrogens with two attached hydrogens (primary N) is 2. The van der Waals surface area contributed by atoms with Gasteiger partial charge >= 0.3 is 11.9 Å². The molecule has 0 spiro atoms. The van der Waals surface area contributed by atoms with E-state index in [9.17, 15) is 9.59 Å². The number of fused-ring (bicyclic) bond motifs is 1. The van der Waals surface area contributed by atoms with Gasteiger partial charge in [0.15, 0.2) is 5.65 Å². The van der Waals surface area contributed by atoms with Crippen LogP contribution in [-0.4, -0.2) is 50.7 Å². The van der Waals surface area contributed by atoms with E-state index in [2.05, 4.69) is 21.9 Å². The normalized spacial score (nSPS) is 12.9. The van der Waals surface area contributed by atoms with E-state index < -0.39 is 12.0 Å². The predicted octanol–water partition coefficient (Wildman–Crippen LogP) is 7.53. The molecule has 1 unspecified atom stereocenters. The molecular formula is C35H62N6O4. The summed E-state index contributed by atoms with van der Waals surface area (Å²) in [6.07, 6.45) is 26.4. The molecule has 0 aliphatic heterocycles. The predicted molar refractivity (Wildman–Crippen MR) is 181 cm³/mol. The highest BCUT2D eigenvalue weighted by Crippen LogP contribution is 2.17. The second-order valence-electron chi connectivity index (χ2n) is 13.0. The number of carbonyl (C=O) groups excluding carboxylic acids is 2. The van der Waals surface area contributed by atoms with Crippen molar-refractivity contribution in [3.8, 4) is 0 Å². The minimum Gasteiger partial charge on any atom is -0.465 e. The fourth-order valence-corrected chi connectivity index (χ4v) is 5.48. The molecule has 2 aromatic heterocycles. The summed E-state index contributed by atoms with van der Waals surface area (Å²) in [6.45, 7) is 6.91. The van der Waals surface area contributed by atoms with E-state index >= 15 is 0 Å². The van der Waals surface area contributed by atoms with Gasteiger partial charge in [0.2, 0.25) is 5.95 Å². The van der Waals surface area contributed by atoms with Crippen molar-refractivity contribution in [2.24, 2.45) is 17.6 Å². The molecular weight excluding hydrogens is 568 g/mol. The van der Waals surface area contributed by atoms with Crippen molar-refractivity contribution in [1.82, 2.24) is 19.5 Å². The van der Waals surface area contributed by atoms with Gasteiger partial charge in [0.05, 0.1) is 25.7 Å². The minimum atomic E-state index is -0.664. The minimum absolute atomic E-state index is 0.00826. The zero-order valence-electron chi connectivity index (χ0n) is 28.5. The Morgan fingerprint density at radius 3 is 1.93 bits per heavy atom. The van der Waals surface area contributed by atoms with Crippen LogP contribution in [0.1, 0.15) is 143 Å². The molecule has 0 bridgehead atoms. The first-order chi connectivity index (χ1) is 21.8. The smallest absolute Gasteiger partial charge is 0.323 e. The van der Waals surface area contributed by atoms with Crippen LogP contribution < -0.4 is 11.5 Å². The summed E-state index contributed by atoms with van der Waals surface area (Å²) in [7, 11) is 0.